The molecule has 0 bridgehead atoms. The Kier molecular flexibility index (Phi) is 5.26. The third kappa shape index (κ3) is 2.76. The van der Waals surface area contributed by atoms with Gasteiger partial charge in [-0.1, -0.05) is 31.2 Å². The zero-order valence-electron chi connectivity index (χ0n) is 18.0. The van der Waals surface area contributed by atoms with Crippen LogP contribution in [0.15, 0.2) is 24.3 Å². The Morgan fingerprint density at radius 2 is 1.90 bits per heavy atom. The van der Waals surface area contributed by atoms with Gasteiger partial charge in [-0.2, -0.15) is 0 Å². The van der Waals surface area contributed by atoms with Gasteiger partial charge in [0.15, 0.2) is 0 Å². The monoisotopic (exact) mass is 417 g/mol. The maximum atomic E-state index is 13.8. The minimum Gasteiger partial charge on any atom is -0.394 e. The molecule has 0 aromatic carbocycles. The number of hydrogen-bond donors (Lipinski definition) is 1. The van der Waals surface area contributed by atoms with Gasteiger partial charge in [0, 0.05) is 26.2 Å². The van der Waals surface area contributed by atoms with Crippen molar-refractivity contribution >= 4 is 17.7 Å². The number of fused-ring (bicyclic) bond motifs is 2. The Morgan fingerprint density at radius 1 is 1.17 bits per heavy atom. The molecule has 6 atom stereocenters. The number of amides is 3. The molecule has 1 spiro atoms. The lowest BCUT2D eigenvalue weighted by Gasteiger charge is -2.39. The molecule has 8 heteroatoms. The van der Waals surface area contributed by atoms with Crippen molar-refractivity contribution in [2.24, 2.45) is 11.8 Å². The highest BCUT2D eigenvalue weighted by Crippen LogP contribution is 2.54. The van der Waals surface area contributed by atoms with Crippen LogP contribution in [0, 0.1) is 11.8 Å². The van der Waals surface area contributed by atoms with E-state index in [9.17, 15) is 19.5 Å². The third-order valence-corrected chi connectivity index (χ3v) is 7.03. The Hall–Kier alpha value is -2.19. The molecule has 1 N–H and O–H groups in total. The van der Waals surface area contributed by atoms with Crippen LogP contribution < -0.4 is 0 Å². The molecule has 0 aliphatic carbocycles. The number of hydrogen-bond acceptors (Lipinski definition) is 5. The SMILES string of the molecule is CC[C@@H](CO)N1C(=O)[C@@H]2[C@H]3C(=O)N(C)CC=C[C@H]3O[C@@]23C=CCN(C(C)C)C(=O)C13. The molecule has 2 saturated heterocycles. The van der Waals surface area contributed by atoms with E-state index in [4.69, 9.17) is 4.74 Å². The number of likely N-dealkylation sites (tertiary alicyclic amines) is 1. The lowest BCUT2D eigenvalue weighted by Crippen LogP contribution is -2.58. The first-order valence-corrected chi connectivity index (χ1v) is 10.8. The van der Waals surface area contributed by atoms with Gasteiger partial charge < -0.3 is 24.5 Å². The van der Waals surface area contributed by atoms with Crippen LogP contribution in [0.1, 0.15) is 27.2 Å². The summed E-state index contributed by atoms with van der Waals surface area (Å²) in [4.78, 5) is 45.6. The molecule has 2 fully saturated rings. The summed E-state index contributed by atoms with van der Waals surface area (Å²) in [6.07, 6.45) is 7.38. The average molecular weight is 418 g/mol. The van der Waals surface area contributed by atoms with Gasteiger partial charge in [-0.3, -0.25) is 14.4 Å². The molecule has 4 aliphatic rings. The van der Waals surface area contributed by atoms with Gasteiger partial charge in [-0.05, 0) is 20.3 Å². The van der Waals surface area contributed by atoms with Crippen LogP contribution in [0.3, 0.4) is 0 Å². The predicted molar refractivity (Wildman–Crippen MR) is 109 cm³/mol. The van der Waals surface area contributed by atoms with Crippen LogP contribution in [0.4, 0.5) is 0 Å². The van der Waals surface area contributed by atoms with Crippen LogP contribution in [-0.4, -0.2) is 94.1 Å². The maximum Gasteiger partial charge on any atom is 0.249 e. The summed E-state index contributed by atoms with van der Waals surface area (Å²) in [5, 5.41) is 9.99. The van der Waals surface area contributed by atoms with E-state index >= 15 is 0 Å². The number of likely N-dealkylation sites (N-methyl/N-ethyl adjacent to an activating group) is 1. The summed E-state index contributed by atoms with van der Waals surface area (Å²) in [6, 6.07) is -1.46. The van der Waals surface area contributed by atoms with E-state index in [-0.39, 0.29) is 30.4 Å². The summed E-state index contributed by atoms with van der Waals surface area (Å²) in [5.74, 6) is -2.11. The van der Waals surface area contributed by atoms with E-state index in [1.165, 1.54) is 4.90 Å². The standard InChI is InChI=1S/C22H31N3O5/c1-5-14(12-26)25-18-21(29)24(13(2)3)11-7-9-22(18)17(20(25)28)16-15(30-22)8-6-10-23(4)19(16)27/h6-9,13-18,26H,5,10-12H2,1-4H3/t14-,15+,16-,17-,18?,22-/m0/s1. The van der Waals surface area contributed by atoms with Crippen molar-refractivity contribution in [1.29, 1.82) is 0 Å². The second kappa shape index (κ2) is 7.50. The second-order valence-electron chi connectivity index (χ2n) is 8.97. The van der Waals surface area contributed by atoms with E-state index in [1.54, 1.807) is 16.8 Å². The molecule has 0 aromatic heterocycles. The molecule has 1 unspecified atom stereocenters. The molecule has 3 amide bonds. The van der Waals surface area contributed by atoms with Gasteiger partial charge >= 0.3 is 0 Å². The number of ether oxygens (including phenoxy) is 1. The molecule has 30 heavy (non-hydrogen) atoms. The van der Waals surface area contributed by atoms with Gasteiger partial charge in [0.05, 0.1) is 30.6 Å². The normalized spacial score (nSPS) is 36.7. The summed E-state index contributed by atoms with van der Waals surface area (Å²) in [6.45, 7) is 6.38. The smallest absolute Gasteiger partial charge is 0.249 e. The lowest BCUT2D eigenvalue weighted by molar-refractivity contribution is -0.152. The fourth-order valence-corrected chi connectivity index (χ4v) is 5.49. The lowest BCUT2D eigenvalue weighted by atomic mass is 9.77. The third-order valence-electron chi connectivity index (χ3n) is 7.03. The Morgan fingerprint density at radius 3 is 2.53 bits per heavy atom. The van der Waals surface area contributed by atoms with Gasteiger partial charge in [0.25, 0.3) is 0 Å². The van der Waals surface area contributed by atoms with Crippen LogP contribution >= 0.6 is 0 Å². The minimum atomic E-state index is -1.21. The van der Waals surface area contributed by atoms with Crippen molar-refractivity contribution in [1.82, 2.24) is 14.7 Å². The molecule has 0 aromatic rings. The molecular formula is C22H31N3O5. The number of carbonyl (C=O) groups is 3. The topological polar surface area (TPSA) is 90.4 Å². The number of aliphatic hydroxyl groups excluding tert-OH is 1. The fourth-order valence-electron chi connectivity index (χ4n) is 5.49. The first-order valence-electron chi connectivity index (χ1n) is 10.8. The average Bonchev–Trinajstić information content (AvgIpc) is 3.03. The first-order chi connectivity index (χ1) is 14.3. The maximum absolute atomic E-state index is 13.8. The fraction of sp³-hybridized carbons (Fsp3) is 0.682. The molecule has 0 radical (unpaired) electrons. The number of rotatable bonds is 4. The summed E-state index contributed by atoms with van der Waals surface area (Å²) >= 11 is 0. The zero-order valence-corrected chi connectivity index (χ0v) is 18.0. The summed E-state index contributed by atoms with van der Waals surface area (Å²) in [5.41, 5.74) is -1.21. The molecule has 4 rings (SSSR count). The molecule has 4 aliphatic heterocycles. The van der Waals surface area contributed by atoms with Crippen LogP contribution in [-0.2, 0) is 19.1 Å². The predicted octanol–water partition coefficient (Wildman–Crippen LogP) is 0.173. The largest absolute Gasteiger partial charge is 0.394 e. The van der Waals surface area contributed by atoms with Crippen LogP contribution in [0.25, 0.3) is 0 Å². The van der Waals surface area contributed by atoms with E-state index in [0.717, 1.165) is 0 Å². The Bertz CT molecular complexity index is 805. The van der Waals surface area contributed by atoms with E-state index in [0.29, 0.717) is 19.5 Å². The highest BCUT2D eigenvalue weighted by atomic mass is 16.5. The van der Waals surface area contributed by atoms with Gasteiger partial charge in [0.1, 0.15) is 11.6 Å². The zero-order chi connectivity index (χ0) is 21.8. The van der Waals surface area contributed by atoms with Crippen molar-refractivity contribution in [3.63, 3.8) is 0 Å². The van der Waals surface area contributed by atoms with Crippen molar-refractivity contribution in [2.75, 3.05) is 26.7 Å². The minimum absolute atomic E-state index is 0.0537. The summed E-state index contributed by atoms with van der Waals surface area (Å²) < 4.78 is 6.49. The van der Waals surface area contributed by atoms with Crippen molar-refractivity contribution in [3.05, 3.63) is 24.3 Å². The Labute approximate surface area is 177 Å². The van der Waals surface area contributed by atoms with Gasteiger partial charge in [-0.25, -0.2) is 0 Å². The van der Waals surface area contributed by atoms with Gasteiger partial charge in [-0.15, -0.1) is 0 Å². The van der Waals surface area contributed by atoms with E-state index in [2.05, 4.69) is 0 Å². The number of nitrogens with zero attached hydrogens (tertiary/aromatic N) is 3. The molecule has 164 valence electrons. The molecule has 4 heterocycles. The number of aliphatic hydroxyl groups is 1. The van der Waals surface area contributed by atoms with Crippen molar-refractivity contribution in [2.45, 2.75) is 57.0 Å². The van der Waals surface area contributed by atoms with Crippen molar-refractivity contribution in [3.8, 4) is 0 Å². The molecule has 0 saturated carbocycles. The Balaban J connectivity index is 1.88. The first kappa shape index (κ1) is 21.1. The quantitative estimate of drug-likeness (QED) is 0.659. The van der Waals surface area contributed by atoms with Crippen LogP contribution in [0.5, 0.6) is 0 Å². The highest BCUT2D eigenvalue weighted by Gasteiger charge is 2.72. The van der Waals surface area contributed by atoms with Crippen LogP contribution in [0.2, 0.25) is 0 Å². The molecule has 8 nitrogen and oxygen atoms in total. The summed E-state index contributed by atoms with van der Waals surface area (Å²) in [7, 11) is 1.71. The second-order valence-corrected chi connectivity index (χ2v) is 8.97. The highest BCUT2D eigenvalue weighted by molar-refractivity contribution is 6.00. The van der Waals surface area contributed by atoms with E-state index in [1.807, 2.05) is 45.1 Å². The van der Waals surface area contributed by atoms with E-state index < -0.39 is 35.6 Å². The number of carbonyl (C=O) groups excluding carboxylic acids is 3. The molecular weight excluding hydrogens is 386 g/mol. The van der Waals surface area contributed by atoms with Crippen molar-refractivity contribution < 1.29 is 24.2 Å². The van der Waals surface area contributed by atoms with Gasteiger partial charge in [0.2, 0.25) is 17.7 Å².